The summed E-state index contributed by atoms with van der Waals surface area (Å²) in [5.41, 5.74) is 7.72. The van der Waals surface area contributed by atoms with Crippen molar-refractivity contribution in [3.8, 4) is 0 Å². The fourth-order valence-electron chi connectivity index (χ4n) is 3.34. The molecule has 0 bridgehead atoms. The van der Waals surface area contributed by atoms with E-state index < -0.39 is 34.5 Å². The van der Waals surface area contributed by atoms with Gasteiger partial charge in [-0.1, -0.05) is 42.0 Å². The number of fused-ring (bicyclic) bond motifs is 1. The zero-order valence-electron chi connectivity index (χ0n) is 15.5. The van der Waals surface area contributed by atoms with Crippen LogP contribution in [0.5, 0.6) is 0 Å². The Morgan fingerprint density at radius 3 is 2.50 bits per heavy atom. The number of carbonyl (C=O) groups is 2. The Balaban J connectivity index is 1.95. The maximum Gasteiger partial charge on any atom is 0.308 e. The molecule has 2 aromatic carbocycles. The summed E-state index contributed by atoms with van der Waals surface area (Å²) in [5.74, 6) is -1.44. The maximum atomic E-state index is 13.3. The second kappa shape index (κ2) is 8.12. The second-order valence-electron chi connectivity index (χ2n) is 6.72. The molecular weight excluding hydrogens is 380 g/mol. The number of rotatable bonds is 6. The summed E-state index contributed by atoms with van der Waals surface area (Å²) in [6, 6.07) is 13.3. The molecule has 0 spiro atoms. The first-order valence-corrected chi connectivity index (χ1v) is 10.3. The lowest BCUT2D eigenvalue weighted by Gasteiger charge is -2.36. The normalized spacial score (nSPS) is 17.0. The predicted octanol–water partition coefficient (Wildman–Crippen LogP) is 1.70. The summed E-state index contributed by atoms with van der Waals surface area (Å²) in [7, 11) is -3.81. The molecular formula is C20H22N2O5S. The molecule has 0 aliphatic carbocycles. The van der Waals surface area contributed by atoms with Crippen molar-refractivity contribution < 1.29 is 22.7 Å². The van der Waals surface area contributed by atoms with Gasteiger partial charge in [-0.05, 0) is 36.6 Å². The molecule has 1 amide bonds. The first kappa shape index (κ1) is 20.0. The third-order valence-corrected chi connectivity index (χ3v) is 6.65. The molecule has 8 heteroatoms. The third kappa shape index (κ3) is 4.23. The van der Waals surface area contributed by atoms with E-state index in [1.165, 1.54) is 4.31 Å². The topological polar surface area (TPSA) is 107 Å². The van der Waals surface area contributed by atoms with Crippen molar-refractivity contribution in [3.05, 3.63) is 65.2 Å². The largest absolute Gasteiger partial charge is 0.456 e. The maximum absolute atomic E-state index is 13.3. The van der Waals surface area contributed by atoms with Crippen LogP contribution in [-0.2, 0) is 30.8 Å². The fraction of sp³-hybridized carbons (Fsp3) is 0.300. The zero-order chi connectivity index (χ0) is 20.3. The van der Waals surface area contributed by atoms with Crippen LogP contribution in [0.2, 0.25) is 0 Å². The minimum absolute atomic E-state index is 0.174. The number of nitrogens with two attached hydrogens (primary N) is 1. The summed E-state index contributed by atoms with van der Waals surface area (Å²) in [5, 5.41) is 0. The van der Waals surface area contributed by atoms with Crippen LogP contribution in [0.25, 0.3) is 0 Å². The van der Waals surface area contributed by atoms with Crippen LogP contribution >= 0.6 is 0 Å². The summed E-state index contributed by atoms with van der Waals surface area (Å²) < 4.78 is 32.7. The van der Waals surface area contributed by atoms with Crippen molar-refractivity contribution in [1.82, 2.24) is 4.31 Å². The smallest absolute Gasteiger partial charge is 0.308 e. The molecule has 3 rings (SSSR count). The Hall–Kier alpha value is -2.71. The lowest BCUT2D eigenvalue weighted by atomic mass is 9.92. The number of hydrogen-bond acceptors (Lipinski definition) is 5. The molecule has 1 aliphatic rings. The van der Waals surface area contributed by atoms with Gasteiger partial charge in [0, 0.05) is 6.54 Å². The van der Waals surface area contributed by atoms with Gasteiger partial charge in [0.05, 0.1) is 17.4 Å². The Morgan fingerprint density at radius 2 is 1.82 bits per heavy atom. The minimum Gasteiger partial charge on any atom is -0.456 e. The minimum atomic E-state index is -3.81. The molecule has 1 aliphatic heterocycles. The molecule has 2 aromatic rings. The number of primary amides is 1. The quantitative estimate of drug-likeness (QED) is 0.740. The number of aryl methyl sites for hydroxylation is 1. The SMILES string of the molecule is Cc1ccc(S(=O)(=O)N2CCc3ccccc3[C@H]2CC(=O)OCC(N)=O)cc1. The molecule has 0 radical (unpaired) electrons. The van der Waals surface area contributed by atoms with Crippen molar-refractivity contribution in [1.29, 1.82) is 0 Å². The standard InChI is InChI=1S/C20H22N2O5S/c1-14-6-8-16(9-7-14)28(25,26)22-11-10-15-4-2-3-5-17(15)18(22)12-20(24)27-13-19(21)23/h2-9,18H,10-13H2,1H3,(H2,21,23)/t18-/m1/s1. The first-order valence-electron chi connectivity index (χ1n) is 8.89. The Bertz CT molecular complexity index is 986. The number of carbonyl (C=O) groups excluding carboxylic acids is 2. The van der Waals surface area contributed by atoms with Crippen molar-refractivity contribution >= 4 is 21.9 Å². The molecule has 0 saturated heterocycles. The van der Waals surface area contributed by atoms with Gasteiger partial charge in [-0.15, -0.1) is 0 Å². The molecule has 1 atom stereocenters. The van der Waals surface area contributed by atoms with Crippen LogP contribution < -0.4 is 5.73 Å². The molecule has 7 nitrogen and oxygen atoms in total. The molecule has 2 N–H and O–H groups in total. The summed E-state index contributed by atoms with van der Waals surface area (Å²) >= 11 is 0. The van der Waals surface area contributed by atoms with E-state index in [9.17, 15) is 18.0 Å². The monoisotopic (exact) mass is 402 g/mol. The van der Waals surface area contributed by atoms with Gasteiger partial charge < -0.3 is 10.5 Å². The van der Waals surface area contributed by atoms with Gasteiger partial charge >= 0.3 is 5.97 Å². The molecule has 1 heterocycles. The average molecular weight is 402 g/mol. The fourth-order valence-corrected chi connectivity index (χ4v) is 4.95. The second-order valence-corrected chi connectivity index (χ2v) is 8.62. The number of amides is 1. The van der Waals surface area contributed by atoms with E-state index >= 15 is 0 Å². The van der Waals surface area contributed by atoms with Gasteiger partial charge in [0.2, 0.25) is 10.0 Å². The molecule has 0 aromatic heterocycles. The average Bonchev–Trinajstić information content (AvgIpc) is 2.67. The highest BCUT2D eigenvalue weighted by molar-refractivity contribution is 7.89. The van der Waals surface area contributed by atoms with Gasteiger partial charge in [-0.3, -0.25) is 9.59 Å². The Morgan fingerprint density at radius 1 is 1.14 bits per heavy atom. The summed E-state index contributed by atoms with van der Waals surface area (Å²) in [4.78, 5) is 23.3. The molecule has 0 unspecified atom stereocenters. The third-order valence-electron chi connectivity index (χ3n) is 4.73. The highest BCUT2D eigenvalue weighted by Crippen LogP contribution is 2.36. The predicted molar refractivity (Wildman–Crippen MR) is 103 cm³/mol. The lowest BCUT2D eigenvalue weighted by molar-refractivity contribution is -0.148. The van der Waals surface area contributed by atoms with Crippen molar-refractivity contribution in [2.75, 3.05) is 13.2 Å². The zero-order valence-corrected chi connectivity index (χ0v) is 16.3. The van der Waals surface area contributed by atoms with Crippen LogP contribution in [0, 0.1) is 6.92 Å². The van der Waals surface area contributed by atoms with E-state index in [0.717, 1.165) is 16.7 Å². The first-order chi connectivity index (χ1) is 13.3. The summed E-state index contributed by atoms with van der Waals surface area (Å²) in [6.45, 7) is 1.60. The molecule has 148 valence electrons. The van der Waals surface area contributed by atoms with Crippen LogP contribution in [-0.4, -0.2) is 37.8 Å². The van der Waals surface area contributed by atoms with Gasteiger partial charge in [-0.2, -0.15) is 4.31 Å². The number of ether oxygens (including phenoxy) is 1. The number of sulfonamides is 1. The number of esters is 1. The van der Waals surface area contributed by atoms with Crippen molar-refractivity contribution in [3.63, 3.8) is 0 Å². The van der Waals surface area contributed by atoms with E-state index in [1.54, 1.807) is 24.3 Å². The van der Waals surface area contributed by atoms with Gasteiger partial charge in [0.25, 0.3) is 5.91 Å². The number of nitrogens with zero attached hydrogens (tertiary/aromatic N) is 1. The van der Waals surface area contributed by atoms with E-state index in [4.69, 9.17) is 10.5 Å². The van der Waals surface area contributed by atoms with Gasteiger partial charge in [0.1, 0.15) is 0 Å². The van der Waals surface area contributed by atoms with Crippen LogP contribution in [0.1, 0.15) is 29.2 Å². The highest BCUT2D eigenvalue weighted by Gasteiger charge is 2.37. The van der Waals surface area contributed by atoms with E-state index in [-0.39, 0.29) is 17.9 Å². The summed E-state index contributed by atoms with van der Waals surface area (Å²) in [6.07, 6.45) is 0.351. The van der Waals surface area contributed by atoms with Crippen LogP contribution in [0.3, 0.4) is 0 Å². The number of hydrogen-bond donors (Lipinski definition) is 1. The van der Waals surface area contributed by atoms with Gasteiger partial charge in [0.15, 0.2) is 6.61 Å². The molecule has 0 saturated carbocycles. The molecule has 0 fully saturated rings. The Kier molecular flexibility index (Phi) is 5.81. The van der Waals surface area contributed by atoms with E-state index in [0.29, 0.717) is 6.42 Å². The van der Waals surface area contributed by atoms with Crippen LogP contribution in [0.15, 0.2) is 53.4 Å². The van der Waals surface area contributed by atoms with Crippen molar-refractivity contribution in [2.45, 2.75) is 30.7 Å². The van der Waals surface area contributed by atoms with E-state index in [2.05, 4.69) is 0 Å². The molecule has 28 heavy (non-hydrogen) atoms. The van der Waals surface area contributed by atoms with Crippen LogP contribution in [0.4, 0.5) is 0 Å². The number of benzene rings is 2. The Labute approximate surface area is 164 Å². The van der Waals surface area contributed by atoms with Crippen molar-refractivity contribution in [2.24, 2.45) is 5.73 Å². The highest BCUT2D eigenvalue weighted by atomic mass is 32.2. The van der Waals surface area contributed by atoms with E-state index in [1.807, 2.05) is 31.2 Å². The van der Waals surface area contributed by atoms with Gasteiger partial charge in [-0.25, -0.2) is 8.42 Å². The lowest BCUT2D eigenvalue weighted by Crippen LogP contribution is -2.41.